The number of hydrogen-bond donors (Lipinski definition) is 0. The number of nitro benzene ring substituents is 1. The van der Waals surface area contributed by atoms with Gasteiger partial charge in [-0.05, 0) is 104 Å². The van der Waals surface area contributed by atoms with Gasteiger partial charge in [0.25, 0.3) is 5.69 Å². The summed E-state index contributed by atoms with van der Waals surface area (Å²) >= 11 is 10.4. The lowest BCUT2D eigenvalue weighted by Crippen LogP contribution is -2.00. The molecule has 0 fully saturated rings. The highest BCUT2D eigenvalue weighted by Crippen LogP contribution is 2.31. The van der Waals surface area contributed by atoms with E-state index in [0.29, 0.717) is 17.2 Å². The van der Waals surface area contributed by atoms with E-state index in [0.717, 1.165) is 29.6 Å². The second-order valence-corrected chi connectivity index (χ2v) is 8.97. The number of nitrogens with zero attached hydrogens (tertiary/aromatic N) is 2. The summed E-state index contributed by atoms with van der Waals surface area (Å²) in [6.45, 7) is 0.297. The number of allylic oxidation sites excluding steroid dienone is 1. The Morgan fingerprint density at radius 1 is 1.13 bits per heavy atom. The maximum Gasteiger partial charge on any atom is 0.269 e. The number of nitriles is 1. The third kappa shape index (κ3) is 5.71. The topological polar surface area (TPSA) is 76.2 Å². The second-order valence-electron chi connectivity index (χ2n) is 6.21. The standard InChI is InChI=1S/C22H13ClI2N2O3/c23-18-3-1-2-16(11-18)17(12-26)8-15-9-20(24)22(21(25)10-15)30-13-14-4-6-19(7-5-14)27(28)29/h1-11H,13H2/b17-8-. The molecule has 0 radical (unpaired) electrons. The van der Waals surface area contributed by atoms with Gasteiger partial charge in [0.1, 0.15) is 12.4 Å². The molecule has 0 spiro atoms. The van der Waals surface area contributed by atoms with E-state index in [9.17, 15) is 15.4 Å². The first-order valence-electron chi connectivity index (χ1n) is 8.60. The average molecular weight is 643 g/mol. The van der Waals surface area contributed by atoms with Crippen molar-refractivity contribution in [2.24, 2.45) is 0 Å². The molecule has 5 nitrogen and oxygen atoms in total. The smallest absolute Gasteiger partial charge is 0.269 e. The first kappa shape index (κ1) is 22.5. The third-order valence-corrected chi connectivity index (χ3v) is 5.96. The largest absolute Gasteiger partial charge is 0.487 e. The normalized spacial score (nSPS) is 11.1. The number of nitro groups is 1. The van der Waals surface area contributed by atoms with E-state index >= 15 is 0 Å². The zero-order valence-electron chi connectivity index (χ0n) is 15.3. The molecule has 0 N–H and O–H groups in total. The first-order valence-corrected chi connectivity index (χ1v) is 11.1. The van der Waals surface area contributed by atoms with Crippen molar-refractivity contribution in [2.75, 3.05) is 0 Å². The van der Waals surface area contributed by atoms with E-state index in [1.807, 2.05) is 30.3 Å². The number of benzene rings is 3. The number of ether oxygens (including phenoxy) is 1. The van der Waals surface area contributed by atoms with Crippen molar-refractivity contribution in [1.29, 1.82) is 5.26 Å². The van der Waals surface area contributed by atoms with Gasteiger partial charge < -0.3 is 4.74 Å². The third-order valence-electron chi connectivity index (χ3n) is 4.12. The van der Waals surface area contributed by atoms with Crippen LogP contribution in [-0.2, 0) is 6.61 Å². The van der Waals surface area contributed by atoms with Crippen LogP contribution in [0.5, 0.6) is 5.75 Å². The fourth-order valence-corrected chi connectivity index (χ4v) is 4.99. The lowest BCUT2D eigenvalue weighted by molar-refractivity contribution is -0.384. The van der Waals surface area contributed by atoms with Crippen LogP contribution in [0.2, 0.25) is 5.02 Å². The summed E-state index contributed by atoms with van der Waals surface area (Å²) in [5, 5.41) is 20.9. The van der Waals surface area contributed by atoms with Gasteiger partial charge >= 0.3 is 0 Å². The number of rotatable bonds is 6. The monoisotopic (exact) mass is 642 g/mol. The summed E-state index contributed by atoms with van der Waals surface area (Å²) in [4.78, 5) is 10.3. The van der Waals surface area contributed by atoms with Crippen LogP contribution in [0, 0.1) is 28.6 Å². The number of halogens is 3. The summed E-state index contributed by atoms with van der Waals surface area (Å²) < 4.78 is 7.75. The molecule has 0 aliphatic carbocycles. The first-order chi connectivity index (χ1) is 14.4. The van der Waals surface area contributed by atoms with Crippen molar-refractivity contribution in [3.05, 3.63) is 99.6 Å². The minimum atomic E-state index is -0.429. The molecule has 0 aliphatic heterocycles. The van der Waals surface area contributed by atoms with Crippen LogP contribution < -0.4 is 4.74 Å². The molecule has 0 bridgehead atoms. The highest BCUT2D eigenvalue weighted by atomic mass is 127. The van der Waals surface area contributed by atoms with E-state index in [1.165, 1.54) is 12.1 Å². The molecule has 30 heavy (non-hydrogen) atoms. The van der Waals surface area contributed by atoms with Crippen molar-refractivity contribution in [2.45, 2.75) is 6.61 Å². The van der Waals surface area contributed by atoms with Crippen molar-refractivity contribution in [3.8, 4) is 11.8 Å². The average Bonchev–Trinajstić information content (AvgIpc) is 2.71. The molecular weight excluding hydrogens is 630 g/mol. The van der Waals surface area contributed by atoms with Gasteiger partial charge in [0.05, 0.1) is 23.7 Å². The van der Waals surface area contributed by atoms with E-state index in [1.54, 1.807) is 24.3 Å². The molecule has 0 saturated heterocycles. The van der Waals surface area contributed by atoms with Gasteiger partial charge in [0, 0.05) is 17.2 Å². The molecule has 0 heterocycles. The fraction of sp³-hybridized carbons (Fsp3) is 0.0455. The Bertz CT molecular complexity index is 1150. The Balaban J connectivity index is 1.81. The molecule has 0 atom stereocenters. The maximum atomic E-state index is 10.8. The van der Waals surface area contributed by atoms with Gasteiger partial charge in [-0.2, -0.15) is 5.26 Å². The van der Waals surface area contributed by atoms with Gasteiger partial charge in [0.2, 0.25) is 0 Å². The van der Waals surface area contributed by atoms with Crippen LogP contribution in [0.25, 0.3) is 11.6 Å². The molecule has 3 aromatic rings. The van der Waals surface area contributed by atoms with Crippen molar-refractivity contribution >= 4 is 74.1 Å². The zero-order valence-corrected chi connectivity index (χ0v) is 20.4. The zero-order chi connectivity index (χ0) is 21.7. The quantitative estimate of drug-likeness (QED) is 0.0946. The van der Waals surface area contributed by atoms with Gasteiger partial charge in [-0.1, -0.05) is 23.7 Å². The van der Waals surface area contributed by atoms with Crippen LogP contribution in [0.4, 0.5) is 5.69 Å². The van der Waals surface area contributed by atoms with Crippen LogP contribution in [0.3, 0.4) is 0 Å². The van der Waals surface area contributed by atoms with E-state index in [4.69, 9.17) is 16.3 Å². The molecule has 0 amide bonds. The Hall–Kier alpha value is -2.16. The Labute approximate surface area is 205 Å². The summed E-state index contributed by atoms with van der Waals surface area (Å²) in [7, 11) is 0. The Morgan fingerprint density at radius 3 is 2.37 bits per heavy atom. The van der Waals surface area contributed by atoms with Crippen molar-refractivity contribution < 1.29 is 9.66 Å². The van der Waals surface area contributed by atoms with Gasteiger partial charge in [-0.25, -0.2) is 0 Å². The summed E-state index contributed by atoms with van der Waals surface area (Å²) in [6.07, 6.45) is 1.82. The number of non-ortho nitro benzene ring substituents is 1. The molecule has 0 aliphatic rings. The van der Waals surface area contributed by atoms with Gasteiger partial charge in [-0.15, -0.1) is 0 Å². The minimum absolute atomic E-state index is 0.0482. The summed E-state index contributed by atoms with van der Waals surface area (Å²) in [5.74, 6) is 0.730. The van der Waals surface area contributed by atoms with Gasteiger partial charge in [0.15, 0.2) is 0 Å². The highest BCUT2D eigenvalue weighted by Gasteiger charge is 2.11. The minimum Gasteiger partial charge on any atom is -0.487 e. The van der Waals surface area contributed by atoms with E-state index in [-0.39, 0.29) is 5.69 Å². The predicted octanol–water partition coefficient (Wildman–Crippen LogP) is 7.10. The lowest BCUT2D eigenvalue weighted by atomic mass is 10.0. The van der Waals surface area contributed by atoms with E-state index in [2.05, 4.69) is 51.3 Å². The van der Waals surface area contributed by atoms with E-state index < -0.39 is 4.92 Å². The molecule has 8 heteroatoms. The van der Waals surface area contributed by atoms with Gasteiger partial charge in [-0.3, -0.25) is 10.1 Å². The van der Waals surface area contributed by atoms with Crippen molar-refractivity contribution in [1.82, 2.24) is 0 Å². The molecule has 0 saturated carbocycles. The molecule has 0 aromatic heterocycles. The van der Waals surface area contributed by atoms with Crippen LogP contribution in [0.1, 0.15) is 16.7 Å². The SMILES string of the molecule is N#C/C(=C/c1cc(I)c(OCc2ccc([N+](=O)[O-])cc2)c(I)c1)c1cccc(Cl)c1. The predicted molar refractivity (Wildman–Crippen MR) is 134 cm³/mol. The summed E-state index contributed by atoms with van der Waals surface area (Å²) in [5.41, 5.74) is 3.04. The van der Waals surface area contributed by atoms with Crippen LogP contribution in [0.15, 0.2) is 60.7 Å². The molecular formula is C22H13ClI2N2O3. The Kier molecular flexibility index (Phi) is 7.69. The molecule has 0 unspecified atom stereocenters. The maximum absolute atomic E-state index is 10.8. The molecule has 3 rings (SSSR count). The van der Waals surface area contributed by atoms with Crippen LogP contribution in [-0.4, -0.2) is 4.92 Å². The molecule has 150 valence electrons. The van der Waals surface area contributed by atoms with Crippen LogP contribution >= 0.6 is 56.8 Å². The fourth-order valence-electron chi connectivity index (χ4n) is 2.67. The Morgan fingerprint density at radius 2 is 1.80 bits per heavy atom. The number of hydrogen-bond acceptors (Lipinski definition) is 4. The molecule has 3 aromatic carbocycles. The van der Waals surface area contributed by atoms with Crippen molar-refractivity contribution in [3.63, 3.8) is 0 Å². The second kappa shape index (κ2) is 10.2. The summed E-state index contributed by atoms with van der Waals surface area (Å²) in [6, 6.07) is 19.6. The highest BCUT2D eigenvalue weighted by molar-refractivity contribution is 14.1. The lowest BCUT2D eigenvalue weighted by Gasteiger charge is -2.12.